The number of hydrazone groups is 1. The van der Waals surface area contributed by atoms with Crippen molar-refractivity contribution >= 4 is 23.0 Å². The molecule has 0 spiro atoms. The highest BCUT2D eigenvalue weighted by atomic mass is 19.4. The van der Waals surface area contributed by atoms with E-state index >= 15 is 4.39 Å². The molecular weight excluding hydrogens is 528 g/mol. The van der Waals surface area contributed by atoms with Crippen molar-refractivity contribution in [3.63, 3.8) is 0 Å². The molecule has 214 valence electrons. The van der Waals surface area contributed by atoms with Gasteiger partial charge in [0.2, 0.25) is 0 Å². The number of morpholine rings is 1. The third kappa shape index (κ3) is 6.45. The van der Waals surface area contributed by atoms with Gasteiger partial charge in [0, 0.05) is 51.4 Å². The van der Waals surface area contributed by atoms with Crippen LogP contribution in [0.4, 0.5) is 28.9 Å². The summed E-state index contributed by atoms with van der Waals surface area (Å²) in [7, 11) is 2.01. The zero-order valence-corrected chi connectivity index (χ0v) is 22.2. The number of amides is 1. The maximum atomic E-state index is 15.1. The first kappa shape index (κ1) is 28.1. The van der Waals surface area contributed by atoms with Gasteiger partial charge in [-0.05, 0) is 48.5 Å². The summed E-state index contributed by atoms with van der Waals surface area (Å²) >= 11 is 0. The van der Waals surface area contributed by atoms with Gasteiger partial charge in [0.25, 0.3) is 5.91 Å². The molecular formula is C28H32F4N6O2. The molecule has 3 aliphatic heterocycles. The van der Waals surface area contributed by atoms with Crippen molar-refractivity contribution in [2.45, 2.75) is 12.7 Å². The average Bonchev–Trinajstić information content (AvgIpc) is 2.95. The van der Waals surface area contributed by atoms with E-state index in [1.807, 2.05) is 7.05 Å². The number of anilines is 2. The van der Waals surface area contributed by atoms with Crippen molar-refractivity contribution in [1.82, 2.24) is 15.2 Å². The Hall–Kier alpha value is -3.48. The Morgan fingerprint density at radius 3 is 2.52 bits per heavy atom. The smallest absolute Gasteiger partial charge is 0.379 e. The molecule has 2 aromatic carbocycles. The number of rotatable bonds is 6. The third-order valence-corrected chi connectivity index (χ3v) is 7.30. The van der Waals surface area contributed by atoms with E-state index in [9.17, 15) is 18.0 Å². The maximum Gasteiger partial charge on any atom is 0.418 e. The molecule has 0 aliphatic carbocycles. The van der Waals surface area contributed by atoms with Gasteiger partial charge in [0.05, 0.1) is 36.7 Å². The first-order chi connectivity index (χ1) is 19.2. The van der Waals surface area contributed by atoms with Gasteiger partial charge in [0.15, 0.2) is 5.71 Å². The van der Waals surface area contributed by atoms with Gasteiger partial charge in [-0.1, -0.05) is 12.1 Å². The number of piperazine rings is 1. The lowest BCUT2D eigenvalue weighted by Gasteiger charge is -2.35. The Labute approximate surface area is 230 Å². The first-order valence-electron chi connectivity index (χ1n) is 13.2. The maximum absolute atomic E-state index is 15.1. The molecule has 1 amide bonds. The summed E-state index contributed by atoms with van der Waals surface area (Å²) in [5.41, 5.74) is 3.32. The average molecular weight is 561 g/mol. The number of hydrogen-bond acceptors (Lipinski definition) is 7. The van der Waals surface area contributed by atoms with Gasteiger partial charge < -0.3 is 25.3 Å². The molecule has 8 nitrogen and oxygen atoms in total. The normalized spacial score (nSPS) is 19.1. The zero-order chi connectivity index (χ0) is 28.3. The molecule has 0 aromatic heterocycles. The van der Waals surface area contributed by atoms with Gasteiger partial charge in [-0.3, -0.25) is 9.69 Å². The van der Waals surface area contributed by atoms with Gasteiger partial charge in [-0.2, -0.15) is 18.3 Å². The fraction of sp³-hybridized carbons (Fsp3) is 0.429. The number of hydrogen-bond donors (Lipinski definition) is 2. The number of nitrogens with one attached hydrogen (secondary N) is 2. The van der Waals surface area contributed by atoms with Crippen LogP contribution in [0.3, 0.4) is 0 Å². The van der Waals surface area contributed by atoms with Crippen LogP contribution in [-0.2, 0) is 16.1 Å². The quantitative estimate of drug-likeness (QED) is 0.528. The summed E-state index contributed by atoms with van der Waals surface area (Å²) in [6.45, 7) is 6.28. The summed E-state index contributed by atoms with van der Waals surface area (Å²) in [5, 5.41) is 6.31. The minimum atomic E-state index is -4.73. The first-order valence-corrected chi connectivity index (χ1v) is 13.2. The van der Waals surface area contributed by atoms with Crippen molar-refractivity contribution in [3.05, 3.63) is 59.4 Å². The van der Waals surface area contributed by atoms with E-state index < -0.39 is 29.2 Å². The van der Waals surface area contributed by atoms with Gasteiger partial charge in [-0.15, -0.1) is 0 Å². The van der Waals surface area contributed by atoms with Crippen molar-refractivity contribution in [2.24, 2.45) is 5.10 Å². The molecule has 5 rings (SSSR count). The van der Waals surface area contributed by atoms with Crippen LogP contribution < -0.4 is 15.6 Å². The van der Waals surface area contributed by atoms with E-state index in [2.05, 4.69) is 30.5 Å². The molecule has 2 N–H and O–H groups in total. The Bertz CT molecular complexity index is 1300. The molecule has 3 aliphatic rings. The Morgan fingerprint density at radius 2 is 1.80 bits per heavy atom. The molecule has 0 radical (unpaired) electrons. The van der Waals surface area contributed by atoms with Gasteiger partial charge in [0.1, 0.15) is 5.82 Å². The summed E-state index contributed by atoms with van der Waals surface area (Å²) in [4.78, 5) is 19.6. The Morgan fingerprint density at radius 1 is 1.05 bits per heavy atom. The van der Waals surface area contributed by atoms with Crippen molar-refractivity contribution < 1.29 is 27.1 Å². The van der Waals surface area contributed by atoms with Crippen molar-refractivity contribution in [2.75, 3.05) is 76.3 Å². The number of likely N-dealkylation sites (N-methyl/N-ethyl adjacent to an activating group) is 1. The monoisotopic (exact) mass is 560 g/mol. The molecule has 3 heterocycles. The van der Waals surface area contributed by atoms with Gasteiger partial charge in [-0.25, -0.2) is 4.39 Å². The van der Waals surface area contributed by atoms with Crippen LogP contribution in [0.2, 0.25) is 0 Å². The molecule has 2 fully saturated rings. The zero-order valence-electron chi connectivity index (χ0n) is 22.2. The van der Waals surface area contributed by atoms with E-state index in [1.54, 1.807) is 30.3 Å². The van der Waals surface area contributed by atoms with E-state index in [0.29, 0.717) is 55.3 Å². The van der Waals surface area contributed by atoms with Crippen LogP contribution in [0.15, 0.2) is 53.1 Å². The topological polar surface area (TPSA) is 72.4 Å². The summed E-state index contributed by atoms with van der Waals surface area (Å²) in [5.74, 6) is -1.43. The predicted octanol–water partition coefficient (Wildman–Crippen LogP) is 3.46. The van der Waals surface area contributed by atoms with Crippen LogP contribution in [-0.4, -0.2) is 93.7 Å². The summed E-state index contributed by atoms with van der Waals surface area (Å²) in [6, 6.07) is 10.1. The molecule has 0 unspecified atom stereocenters. The van der Waals surface area contributed by atoms with Crippen LogP contribution in [0.1, 0.15) is 5.56 Å². The second kappa shape index (κ2) is 11.9. The fourth-order valence-corrected chi connectivity index (χ4v) is 5.07. The number of carbonyl (C=O) groups is 1. The molecule has 0 bridgehead atoms. The third-order valence-electron chi connectivity index (χ3n) is 7.30. The molecule has 40 heavy (non-hydrogen) atoms. The second-order valence-corrected chi connectivity index (χ2v) is 10.1. The summed E-state index contributed by atoms with van der Waals surface area (Å²) in [6.07, 6.45) is -3.83. The lowest BCUT2D eigenvalue weighted by molar-refractivity contribution is -0.111. The number of halogens is 4. The number of ether oxygens (including phenoxy) is 1. The van der Waals surface area contributed by atoms with E-state index in [-0.39, 0.29) is 6.54 Å². The molecule has 0 atom stereocenters. The molecule has 12 heteroatoms. The molecule has 0 saturated carbocycles. The highest BCUT2D eigenvalue weighted by Crippen LogP contribution is 2.35. The Balaban J connectivity index is 1.47. The SMILES string of the molecule is CN1CCN(c2ccc(-c3cc(CN4CCOCC4)ccc3F)cc2NC(=O)C2=NNCC=C2C(F)(F)F)CC1. The largest absolute Gasteiger partial charge is 0.418 e. The van der Waals surface area contributed by atoms with Crippen LogP contribution in [0.25, 0.3) is 11.1 Å². The van der Waals surface area contributed by atoms with Gasteiger partial charge >= 0.3 is 6.18 Å². The minimum absolute atomic E-state index is 0.131. The standard InChI is InChI=1S/C28H32F4N6O2/c1-36-8-10-38(11-9-36)25-5-3-20(21-16-19(2-4-23(21)29)18-37-12-14-40-15-13-37)17-24(25)34-27(39)26-22(28(30,31)32)6-7-33-35-26/h2-6,16-17,33H,7-15,18H2,1H3,(H,34,39). The fourth-order valence-electron chi connectivity index (χ4n) is 5.07. The number of benzene rings is 2. The van der Waals surface area contributed by atoms with Crippen molar-refractivity contribution in [1.29, 1.82) is 0 Å². The van der Waals surface area contributed by atoms with E-state index in [0.717, 1.165) is 37.8 Å². The van der Waals surface area contributed by atoms with Crippen LogP contribution >= 0.6 is 0 Å². The highest BCUT2D eigenvalue weighted by molar-refractivity contribution is 6.49. The Kier molecular flexibility index (Phi) is 8.38. The number of nitrogens with zero attached hydrogens (tertiary/aromatic N) is 4. The summed E-state index contributed by atoms with van der Waals surface area (Å²) < 4.78 is 61.3. The van der Waals surface area contributed by atoms with Crippen LogP contribution in [0, 0.1) is 5.82 Å². The molecule has 2 saturated heterocycles. The lowest BCUT2D eigenvalue weighted by Crippen LogP contribution is -2.45. The minimum Gasteiger partial charge on any atom is -0.379 e. The van der Waals surface area contributed by atoms with E-state index in [4.69, 9.17) is 4.74 Å². The lowest BCUT2D eigenvalue weighted by atomic mass is 10.00. The van der Waals surface area contributed by atoms with Crippen molar-refractivity contribution in [3.8, 4) is 11.1 Å². The number of alkyl halides is 3. The van der Waals surface area contributed by atoms with E-state index in [1.165, 1.54) is 6.07 Å². The second-order valence-electron chi connectivity index (χ2n) is 10.1. The van der Waals surface area contributed by atoms with Crippen LogP contribution in [0.5, 0.6) is 0 Å². The molecule has 2 aromatic rings. The predicted molar refractivity (Wildman–Crippen MR) is 146 cm³/mol. The number of carbonyl (C=O) groups excluding carboxylic acids is 1. The highest BCUT2D eigenvalue weighted by Gasteiger charge is 2.40.